The Bertz CT molecular complexity index is 4180. The molecule has 0 bridgehead atoms. The highest BCUT2D eigenvalue weighted by atomic mass is 32.2. The number of thioether (sulfide) groups is 2. The number of hydrogen-bond donors (Lipinski definition) is 0. The fraction of sp³-hybridized carbons (Fsp3) is 0.447. The Morgan fingerprint density at radius 3 is 1.26 bits per heavy atom. The lowest BCUT2D eigenvalue weighted by Gasteiger charge is -2.39. The van der Waals surface area contributed by atoms with Gasteiger partial charge in [0.25, 0.3) is 11.8 Å². The van der Waals surface area contributed by atoms with Crippen molar-refractivity contribution in [3.8, 4) is 44.5 Å². The van der Waals surface area contributed by atoms with Gasteiger partial charge in [-0.1, -0.05) is 229 Å². The molecule has 0 N–H and O–H groups in total. The molecule has 8 aromatic rings. The number of fused-ring (bicyclic) bond motifs is 9. The number of carbonyl (C=O) groups is 2. The summed E-state index contributed by atoms with van der Waals surface area (Å²) in [6, 6.07) is 33.9. The molecule has 2 saturated heterocycles. The van der Waals surface area contributed by atoms with E-state index in [1.165, 1.54) is 160 Å². The van der Waals surface area contributed by atoms with Crippen molar-refractivity contribution in [2.75, 3.05) is 13.1 Å². The molecular weight excluding hydrogens is 1220 g/mol. The van der Waals surface area contributed by atoms with Crippen molar-refractivity contribution in [2.24, 2.45) is 23.7 Å². The van der Waals surface area contributed by atoms with Crippen LogP contribution in [0.15, 0.2) is 94.7 Å². The first-order valence-electron chi connectivity index (χ1n) is 33.6. The first kappa shape index (κ1) is 64.6. The summed E-state index contributed by atoms with van der Waals surface area (Å²) >= 11 is 16.4. The minimum atomic E-state index is -0.223. The topological polar surface area (TPSA) is 92.2 Å². The average molecular weight is 1310 g/mol. The van der Waals surface area contributed by atoms with Gasteiger partial charge in [0.15, 0.2) is 0 Å². The number of aromatic nitrogens is 4. The zero-order valence-electron chi connectivity index (χ0n) is 54.2. The van der Waals surface area contributed by atoms with Crippen molar-refractivity contribution in [3.63, 3.8) is 0 Å². The molecule has 2 aromatic heterocycles. The van der Waals surface area contributed by atoms with Crippen LogP contribution in [-0.4, -0.2) is 60.8 Å². The first-order chi connectivity index (χ1) is 43.7. The molecule has 0 saturated carbocycles. The second-order valence-corrected chi connectivity index (χ2v) is 30.8. The largest absolute Gasteiger partial charge is 0.293 e. The van der Waals surface area contributed by atoms with Crippen molar-refractivity contribution in [1.29, 1.82) is 0 Å². The molecular formula is C76H86N6O2S6. The summed E-state index contributed by atoms with van der Waals surface area (Å²) in [5, 5.41) is 2.64. The Morgan fingerprint density at radius 2 is 0.856 bits per heavy atom. The van der Waals surface area contributed by atoms with Gasteiger partial charge in [0.05, 0.1) is 33.3 Å². The summed E-state index contributed by atoms with van der Waals surface area (Å²) in [7, 11) is 0. The molecule has 4 heterocycles. The molecule has 14 heteroatoms. The summed E-state index contributed by atoms with van der Waals surface area (Å²) in [6.45, 7) is 24.3. The molecule has 468 valence electrons. The van der Waals surface area contributed by atoms with Crippen molar-refractivity contribution in [3.05, 3.63) is 128 Å². The molecule has 0 radical (unpaired) electrons. The standard InChI is InChI=1S/C76H86N6O2S6/c1-11-19-22-46(10)42-76(44-48(16-6)24-21-13-3)62-36-50(56-30-28-52(68-70(56)80-90-78-68)40-66-72(84)82(18-8)74(86)88-66)26-32-58(62)60-34-53-37-63-59(33-54(53)38-64(60)76)57-31-25-49(35-61(57)75(63,41-45(9)14-4)43-47(15-5)23-20-12-2)55-29-27-51(67-69(55)79-89-77-67)39-65-71(83)81(17-7)73(85)87-65/h25-40,45-48H,11-24,41-44H2,1-10H3/b65-39-,66-40-. The molecule has 2 aliphatic heterocycles. The number of unbranched alkanes of at least 4 members (excludes halogenated alkanes) is 3. The molecule has 90 heavy (non-hydrogen) atoms. The van der Waals surface area contributed by atoms with Crippen molar-refractivity contribution >= 4 is 137 Å². The van der Waals surface area contributed by atoms with Gasteiger partial charge < -0.3 is 0 Å². The van der Waals surface area contributed by atoms with E-state index in [9.17, 15) is 9.59 Å². The monoisotopic (exact) mass is 1310 g/mol. The number of thiocarbonyl (C=S) groups is 2. The second kappa shape index (κ2) is 27.2. The molecule has 0 spiro atoms. The van der Waals surface area contributed by atoms with Gasteiger partial charge in [0, 0.05) is 46.2 Å². The number of amides is 2. The lowest BCUT2D eigenvalue weighted by atomic mass is 9.65. The van der Waals surface area contributed by atoms with Crippen LogP contribution in [0.4, 0.5) is 0 Å². The van der Waals surface area contributed by atoms with Crippen LogP contribution in [0.25, 0.3) is 89.5 Å². The second-order valence-electron chi connectivity index (χ2n) is 26.4. The summed E-state index contributed by atoms with van der Waals surface area (Å²) in [5.41, 5.74) is 20.5. The van der Waals surface area contributed by atoms with Gasteiger partial charge in [0.1, 0.15) is 30.7 Å². The Morgan fingerprint density at radius 1 is 0.456 bits per heavy atom. The van der Waals surface area contributed by atoms with Crippen molar-refractivity contribution in [1.82, 2.24) is 27.3 Å². The maximum Gasteiger partial charge on any atom is 0.266 e. The number of benzene rings is 6. The van der Waals surface area contributed by atoms with Crippen LogP contribution in [0, 0.1) is 23.7 Å². The third kappa shape index (κ3) is 11.7. The Hall–Kier alpha value is -5.48. The van der Waals surface area contributed by atoms with E-state index in [2.05, 4.69) is 140 Å². The van der Waals surface area contributed by atoms with Crippen LogP contribution in [-0.2, 0) is 20.4 Å². The molecule has 6 atom stereocenters. The average Bonchev–Trinajstić information content (AvgIpc) is 1.54. The molecule has 6 unspecified atom stereocenters. The third-order valence-electron chi connectivity index (χ3n) is 20.8. The van der Waals surface area contributed by atoms with E-state index in [4.69, 9.17) is 41.9 Å². The smallest absolute Gasteiger partial charge is 0.266 e. The summed E-state index contributed by atoms with van der Waals surface area (Å²) in [4.78, 5) is 31.5. The van der Waals surface area contributed by atoms with Crippen LogP contribution in [0.2, 0.25) is 0 Å². The molecule has 4 aliphatic rings. The summed E-state index contributed by atoms with van der Waals surface area (Å²) in [5.74, 6) is 2.03. The highest BCUT2D eigenvalue weighted by molar-refractivity contribution is 8.27. The molecule has 6 aromatic carbocycles. The zero-order valence-corrected chi connectivity index (χ0v) is 59.1. The molecule has 2 amide bonds. The number of carbonyl (C=O) groups excluding carboxylic acids is 2. The molecule has 12 rings (SSSR count). The molecule has 8 nitrogen and oxygen atoms in total. The maximum absolute atomic E-state index is 13.5. The SMILES string of the molecule is CCCCC(C)CC1(CC(CC)CCCC)c2cc(-c3ccc(/C=C4\SC(=S)N(CC)C4=O)c4nsnc34)ccc2-c2cc3cc4c(cc3cc21)-c1ccc(-c2ccc(/C=C3\SC(=S)N(CC)C3=O)c3nsnc23)cc1C4(CC(C)CC)CC(CC)CCCC. The minimum Gasteiger partial charge on any atom is -0.293 e. The lowest BCUT2D eigenvalue weighted by molar-refractivity contribution is -0.122. The zero-order chi connectivity index (χ0) is 63.2. The molecule has 2 aliphatic carbocycles. The minimum absolute atomic E-state index is 0.0486. The normalized spacial score (nSPS) is 20.2. The fourth-order valence-electron chi connectivity index (χ4n) is 15.8. The predicted octanol–water partition coefficient (Wildman–Crippen LogP) is 22.0. The van der Waals surface area contributed by atoms with Crippen LogP contribution >= 0.6 is 71.4 Å². The van der Waals surface area contributed by atoms with Crippen molar-refractivity contribution < 1.29 is 9.59 Å². The van der Waals surface area contributed by atoms with E-state index < -0.39 is 0 Å². The van der Waals surface area contributed by atoms with Crippen LogP contribution in [0.5, 0.6) is 0 Å². The van der Waals surface area contributed by atoms with Gasteiger partial charge in [-0.3, -0.25) is 19.4 Å². The van der Waals surface area contributed by atoms with Gasteiger partial charge in [-0.15, -0.1) is 0 Å². The summed E-state index contributed by atoms with van der Waals surface area (Å²) < 4.78 is 21.0. The molecule has 2 fully saturated rings. The maximum atomic E-state index is 13.5. The third-order valence-corrected chi connectivity index (χ3v) is 24.6. The number of likely N-dealkylation sites (N-methyl/N-ethyl adjacent to an activating group) is 2. The summed E-state index contributed by atoms with van der Waals surface area (Å²) in [6.07, 6.45) is 22.6. The Kier molecular flexibility index (Phi) is 19.6. The number of hydrogen-bond acceptors (Lipinski definition) is 12. The van der Waals surface area contributed by atoms with Gasteiger partial charge in [0.2, 0.25) is 0 Å². The first-order valence-corrected chi connectivity index (χ1v) is 37.5. The Balaban J connectivity index is 1.04. The Labute approximate surface area is 561 Å². The van der Waals surface area contributed by atoms with Gasteiger partial charge >= 0.3 is 0 Å². The van der Waals surface area contributed by atoms with E-state index in [0.29, 0.717) is 55.2 Å². The highest BCUT2D eigenvalue weighted by Gasteiger charge is 2.48. The van der Waals surface area contributed by atoms with E-state index in [1.54, 1.807) is 9.80 Å². The van der Waals surface area contributed by atoms with E-state index in [0.717, 1.165) is 100 Å². The van der Waals surface area contributed by atoms with E-state index >= 15 is 0 Å². The highest BCUT2D eigenvalue weighted by Crippen LogP contribution is 2.61. The van der Waals surface area contributed by atoms with E-state index in [1.807, 2.05) is 26.0 Å². The predicted molar refractivity (Wildman–Crippen MR) is 394 cm³/mol. The fourth-order valence-corrected chi connectivity index (χ4v) is 19.7. The van der Waals surface area contributed by atoms with Crippen LogP contribution in [0.1, 0.15) is 205 Å². The number of rotatable bonds is 26. The van der Waals surface area contributed by atoms with Crippen molar-refractivity contribution in [2.45, 2.75) is 183 Å². The van der Waals surface area contributed by atoms with Gasteiger partial charge in [-0.25, -0.2) is 0 Å². The number of nitrogens with zero attached hydrogens (tertiary/aromatic N) is 6. The van der Waals surface area contributed by atoms with E-state index in [-0.39, 0.29) is 22.6 Å². The van der Waals surface area contributed by atoms with Crippen LogP contribution in [0.3, 0.4) is 0 Å². The van der Waals surface area contributed by atoms with Gasteiger partial charge in [-0.2, -0.15) is 17.5 Å². The quantitative estimate of drug-likeness (QED) is 0.0386. The van der Waals surface area contributed by atoms with Crippen LogP contribution < -0.4 is 0 Å². The van der Waals surface area contributed by atoms with Gasteiger partial charge in [-0.05, 0) is 178 Å². The lowest BCUT2D eigenvalue weighted by Crippen LogP contribution is -2.31.